The predicted molar refractivity (Wildman–Crippen MR) is 30.8 cm³/mol. The molecular formula is C6H9F2O3-. The summed E-state index contributed by atoms with van der Waals surface area (Å²) >= 11 is 0. The molecule has 0 aliphatic heterocycles. The van der Waals surface area contributed by atoms with Crippen LogP contribution in [0.1, 0.15) is 20.8 Å². The average molecular weight is 167 g/mol. The highest BCUT2D eigenvalue weighted by molar-refractivity contribution is 5.71. The van der Waals surface area contributed by atoms with Gasteiger partial charge in [-0.15, -0.1) is 0 Å². The third-order valence-electron chi connectivity index (χ3n) is 0.672. The number of ether oxygens (including phenoxy) is 1. The number of hydrogen-bond donors (Lipinski definition) is 0. The molecule has 66 valence electrons. The molecule has 0 aromatic heterocycles. The summed E-state index contributed by atoms with van der Waals surface area (Å²) in [6.45, 7) is 3.97. The van der Waals surface area contributed by atoms with E-state index in [9.17, 15) is 18.7 Å². The van der Waals surface area contributed by atoms with E-state index in [1.807, 2.05) is 0 Å². The molecule has 0 N–H and O–H groups in total. The van der Waals surface area contributed by atoms with Crippen LogP contribution in [0.3, 0.4) is 0 Å². The minimum Gasteiger partial charge on any atom is -0.542 e. The fourth-order valence-electron chi connectivity index (χ4n) is 0.426. The molecule has 0 atom stereocenters. The lowest BCUT2D eigenvalue weighted by molar-refractivity contribution is -0.374. The molecule has 11 heavy (non-hydrogen) atoms. The average Bonchev–Trinajstić information content (AvgIpc) is 1.56. The van der Waals surface area contributed by atoms with Crippen molar-refractivity contribution in [3.63, 3.8) is 0 Å². The van der Waals surface area contributed by atoms with E-state index in [0.717, 1.165) is 0 Å². The Morgan fingerprint density at radius 1 is 1.36 bits per heavy atom. The highest BCUT2D eigenvalue weighted by atomic mass is 19.3. The van der Waals surface area contributed by atoms with E-state index in [1.165, 1.54) is 20.8 Å². The lowest BCUT2D eigenvalue weighted by atomic mass is 10.2. The Balaban J connectivity index is 4.25. The number of halogens is 2. The Labute approximate surface area is 63.0 Å². The summed E-state index contributed by atoms with van der Waals surface area (Å²) in [7, 11) is 0. The van der Waals surface area contributed by atoms with Crippen molar-refractivity contribution in [2.45, 2.75) is 32.5 Å². The van der Waals surface area contributed by atoms with Gasteiger partial charge in [-0.2, -0.15) is 8.78 Å². The molecule has 0 unspecified atom stereocenters. The second-order valence-corrected chi connectivity index (χ2v) is 3.02. The van der Waals surface area contributed by atoms with Crippen molar-refractivity contribution in [1.29, 1.82) is 0 Å². The summed E-state index contributed by atoms with van der Waals surface area (Å²) in [5.74, 6) is -2.52. The number of carboxylic acids is 1. The summed E-state index contributed by atoms with van der Waals surface area (Å²) in [5.41, 5.74) is -1.20. The van der Waals surface area contributed by atoms with Gasteiger partial charge >= 0.3 is 6.11 Å². The van der Waals surface area contributed by atoms with Crippen LogP contribution in [-0.4, -0.2) is 17.7 Å². The van der Waals surface area contributed by atoms with Gasteiger partial charge in [-0.3, -0.25) is 0 Å². The molecular weight excluding hydrogens is 158 g/mol. The summed E-state index contributed by atoms with van der Waals surface area (Å²) in [6.07, 6.45) is -4.21. The monoisotopic (exact) mass is 167 g/mol. The van der Waals surface area contributed by atoms with E-state index in [4.69, 9.17) is 0 Å². The van der Waals surface area contributed by atoms with Crippen molar-refractivity contribution in [2.75, 3.05) is 0 Å². The molecule has 0 spiro atoms. The highest BCUT2D eigenvalue weighted by Gasteiger charge is 2.37. The van der Waals surface area contributed by atoms with Crippen LogP contribution in [0.5, 0.6) is 0 Å². The van der Waals surface area contributed by atoms with E-state index >= 15 is 0 Å². The predicted octanol–water partition coefficient (Wildman–Crippen LogP) is 0.144. The number of carbonyl (C=O) groups excluding carboxylic acids is 1. The van der Waals surface area contributed by atoms with Crippen LogP contribution in [-0.2, 0) is 9.53 Å². The molecule has 0 aliphatic carbocycles. The van der Waals surface area contributed by atoms with E-state index in [2.05, 4.69) is 4.74 Å². The Kier molecular flexibility index (Phi) is 2.55. The molecule has 0 saturated carbocycles. The van der Waals surface area contributed by atoms with Crippen molar-refractivity contribution >= 4 is 5.97 Å². The topological polar surface area (TPSA) is 49.4 Å². The van der Waals surface area contributed by atoms with E-state index < -0.39 is 17.7 Å². The maximum atomic E-state index is 12.2. The van der Waals surface area contributed by atoms with Gasteiger partial charge < -0.3 is 14.6 Å². The van der Waals surface area contributed by atoms with Gasteiger partial charge in [0.1, 0.15) is 5.97 Å². The zero-order valence-corrected chi connectivity index (χ0v) is 6.48. The lowest BCUT2D eigenvalue weighted by Crippen LogP contribution is -2.47. The van der Waals surface area contributed by atoms with Crippen molar-refractivity contribution in [2.24, 2.45) is 0 Å². The number of rotatable bonds is 2. The summed E-state index contributed by atoms with van der Waals surface area (Å²) in [4.78, 5) is 9.71. The maximum absolute atomic E-state index is 12.2. The van der Waals surface area contributed by atoms with Gasteiger partial charge in [-0.1, -0.05) is 0 Å². The first-order valence-corrected chi connectivity index (χ1v) is 2.94. The first-order chi connectivity index (χ1) is 4.65. The minimum absolute atomic E-state index is 1.20. The van der Waals surface area contributed by atoms with Crippen molar-refractivity contribution in [3.8, 4) is 0 Å². The van der Waals surface area contributed by atoms with Crippen LogP contribution >= 0.6 is 0 Å². The first kappa shape index (κ1) is 10.3. The molecule has 0 aromatic carbocycles. The molecule has 0 aliphatic rings. The molecule has 0 saturated heterocycles. The molecule has 0 rings (SSSR count). The number of carbonyl (C=O) groups is 1. The number of hydrogen-bond acceptors (Lipinski definition) is 3. The van der Waals surface area contributed by atoms with Crippen molar-refractivity contribution < 1.29 is 23.4 Å². The van der Waals surface area contributed by atoms with Crippen LogP contribution in [0.25, 0.3) is 0 Å². The quantitative estimate of drug-likeness (QED) is 0.588. The smallest absolute Gasteiger partial charge is 0.398 e. The summed E-state index contributed by atoms with van der Waals surface area (Å²) < 4.78 is 28.2. The lowest BCUT2D eigenvalue weighted by Gasteiger charge is -2.26. The molecule has 0 radical (unpaired) electrons. The SMILES string of the molecule is CC(C)(C)OC(F)(F)C(=O)[O-]. The second kappa shape index (κ2) is 2.73. The third kappa shape index (κ3) is 3.87. The molecule has 0 heterocycles. The highest BCUT2D eigenvalue weighted by Crippen LogP contribution is 2.22. The van der Waals surface area contributed by atoms with E-state index in [-0.39, 0.29) is 0 Å². The zero-order chi connectivity index (χ0) is 9.28. The van der Waals surface area contributed by atoms with Crippen LogP contribution in [0.2, 0.25) is 0 Å². The van der Waals surface area contributed by atoms with Crippen molar-refractivity contribution in [3.05, 3.63) is 0 Å². The summed E-state index contributed by atoms with van der Waals surface area (Å²) in [6, 6.07) is 0. The Morgan fingerprint density at radius 3 is 1.82 bits per heavy atom. The fourth-order valence-corrected chi connectivity index (χ4v) is 0.426. The Hall–Kier alpha value is -0.710. The molecule has 5 heteroatoms. The third-order valence-corrected chi connectivity index (χ3v) is 0.672. The molecule has 3 nitrogen and oxygen atoms in total. The largest absolute Gasteiger partial charge is 0.542 e. The zero-order valence-electron chi connectivity index (χ0n) is 6.48. The van der Waals surface area contributed by atoms with Crippen LogP contribution in [0.15, 0.2) is 0 Å². The molecule has 0 bridgehead atoms. The van der Waals surface area contributed by atoms with Gasteiger partial charge in [0, 0.05) is 0 Å². The molecule has 0 aromatic rings. The van der Waals surface area contributed by atoms with Crippen LogP contribution in [0, 0.1) is 0 Å². The standard InChI is InChI=1S/C6H10F2O3/c1-5(2,3)11-6(7,8)4(9)10/h1-3H3,(H,9,10)/p-1. The van der Waals surface area contributed by atoms with Gasteiger partial charge in [0.2, 0.25) is 0 Å². The van der Waals surface area contributed by atoms with Crippen LogP contribution in [0.4, 0.5) is 8.78 Å². The van der Waals surface area contributed by atoms with Gasteiger partial charge in [0.05, 0.1) is 5.60 Å². The van der Waals surface area contributed by atoms with Gasteiger partial charge in [-0.05, 0) is 20.8 Å². The first-order valence-electron chi connectivity index (χ1n) is 2.94. The Morgan fingerprint density at radius 2 is 1.73 bits per heavy atom. The van der Waals surface area contributed by atoms with Crippen LogP contribution < -0.4 is 5.11 Å². The molecule has 0 fully saturated rings. The van der Waals surface area contributed by atoms with Gasteiger partial charge in [0.15, 0.2) is 0 Å². The van der Waals surface area contributed by atoms with E-state index in [1.54, 1.807) is 0 Å². The van der Waals surface area contributed by atoms with Crippen molar-refractivity contribution in [1.82, 2.24) is 0 Å². The van der Waals surface area contributed by atoms with E-state index in [0.29, 0.717) is 0 Å². The normalized spacial score (nSPS) is 13.2. The van der Waals surface area contributed by atoms with Gasteiger partial charge in [-0.25, -0.2) is 0 Å². The fraction of sp³-hybridized carbons (Fsp3) is 0.833. The second-order valence-electron chi connectivity index (χ2n) is 3.02. The molecule has 0 amide bonds. The minimum atomic E-state index is -4.21. The Bertz CT molecular complexity index is 160. The number of carboxylic acid groups (broad SMARTS) is 1. The summed E-state index contributed by atoms with van der Waals surface area (Å²) in [5, 5.41) is 9.71. The van der Waals surface area contributed by atoms with Gasteiger partial charge in [0.25, 0.3) is 0 Å². The number of alkyl halides is 2. The number of aliphatic carboxylic acids is 1. The maximum Gasteiger partial charge on any atom is 0.398 e.